The summed E-state index contributed by atoms with van der Waals surface area (Å²) < 4.78 is 0.623. The number of rotatable bonds is 0. The minimum atomic E-state index is 0.367. The summed E-state index contributed by atoms with van der Waals surface area (Å²) >= 11 is 14.5. The van der Waals surface area contributed by atoms with Gasteiger partial charge in [0, 0.05) is 9.50 Å². The maximum Gasteiger partial charge on any atom is 0.102 e. The van der Waals surface area contributed by atoms with Gasteiger partial charge in [0.2, 0.25) is 0 Å². The van der Waals surface area contributed by atoms with Gasteiger partial charge in [-0.05, 0) is 28.1 Å². The van der Waals surface area contributed by atoms with Crippen LogP contribution in [0.15, 0.2) is 16.6 Å². The van der Waals surface area contributed by atoms with Crippen molar-refractivity contribution in [2.45, 2.75) is 0 Å². The summed E-state index contributed by atoms with van der Waals surface area (Å²) in [4.78, 5) is 0. The standard InChI is InChI=1S/C7H2BrCl2N/c8-6-1-4(9)2-7(10)5(6)3-11/h1-2H. The fourth-order valence-corrected chi connectivity index (χ4v) is 1.98. The van der Waals surface area contributed by atoms with Crippen molar-refractivity contribution < 1.29 is 0 Å². The molecule has 56 valence electrons. The van der Waals surface area contributed by atoms with Crippen LogP contribution in [0.2, 0.25) is 10.0 Å². The number of hydrogen-bond acceptors (Lipinski definition) is 1. The third-order valence-electron chi connectivity index (χ3n) is 1.12. The Morgan fingerprint density at radius 1 is 1.36 bits per heavy atom. The van der Waals surface area contributed by atoms with Crippen LogP contribution in [0.4, 0.5) is 0 Å². The molecule has 0 saturated carbocycles. The molecule has 1 rings (SSSR count). The Morgan fingerprint density at radius 2 is 2.00 bits per heavy atom. The van der Waals surface area contributed by atoms with E-state index >= 15 is 0 Å². The van der Waals surface area contributed by atoms with Crippen molar-refractivity contribution in [3.8, 4) is 6.07 Å². The first kappa shape index (κ1) is 8.86. The fraction of sp³-hybridized carbons (Fsp3) is 0. The van der Waals surface area contributed by atoms with Gasteiger partial charge < -0.3 is 0 Å². The van der Waals surface area contributed by atoms with Crippen molar-refractivity contribution in [2.24, 2.45) is 0 Å². The molecule has 4 heteroatoms. The molecule has 0 unspecified atom stereocenters. The molecule has 0 amide bonds. The van der Waals surface area contributed by atoms with Crippen LogP contribution in [0, 0.1) is 11.3 Å². The van der Waals surface area contributed by atoms with E-state index in [9.17, 15) is 0 Å². The van der Waals surface area contributed by atoms with Gasteiger partial charge in [0.1, 0.15) is 6.07 Å². The van der Waals surface area contributed by atoms with Gasteiger partial charge in [-0.1, -0.05) is 23.2 Å². The lowest BCUT2D eigenvalue weighted by molar-refractivity contribution is 1.47. The molecule has 1 aromatic rings. The van der Waals surface area contributed by atoms with E-state index in [1.807, 2.05) is 6.07 Å². The van der Waals surface area contributed by atoms with E-state index in [4.69, 9.17) is 28.5 Å². The number of halogens is 3. The van der Waals surface area contributed by atoms with E-state index in [0.29, 0.717) is 20.1 Å². The second kappa shape index (κ2) is 3.44. The second-order valence-corrected chi connectivity index (χ2v) is 3.55. The maximum absolute atomic E-state index is 8.58. The van der Waals surface area contributed by atoms with Crippen molar-refractivity contribution in [1.82, 2.24) is 0 Å². The monoisotopic (exact) mass is 249 g/mol. The van der Waals surface area contributed by atoms with E-state index in [0.717, 1.165) is 0 Å². The average Bonchev–Trinajstić information content (AvgIpc) is 1.85. The van der Waals surface area contributed by atoms with Gasteiger partial charge in [0.05, 0.1) is 10.6 Å². The first-order valence-corrected chi connectivity index (χ1v) is 4.24. The largest absolute Gasteiger partial charge is 0.192 e. The maximum atomic E-state index is 8.58. The molecule has 0 aliphatic carbocycles. The van der Waals surface area contributed by atoms with Gasteiger partial charge in [-0.2, -0.15) is 5.26 Å². The Labute approximate surface area is 82.7 Å². The van der Waals surface area contributed by atoms with Crippen LogP contribution < -0.4 is 0 Å². The van der Waals surface area contributed by atoms with Crippen molar-refractivity contribution >= 4 is 39.1 Å². The smallest absolute Gasteiger partial charge is 0.102 e. The van der Waals surface area contributed by atoms with Crippen LogP contribution >= 0.6 is 39.1 Å². The van der Waals surface area contributed by atoms with Crippen molar-refractivity contribution in [2.75, 3.05) is 0 Å². The third-order valence-corrected chi connectivity index (χ3v) is 2.26. The van der Waals surface area contributed by atoms with Crippen LogP contribution in [0.1, 0.15) is 5.56 Å². The van der Waals surface area contributed by atoms with Crippen LogP contribution in [0.3, 0.4) is 0 Å². The topological polar surface area (TPSA) is 23.8 Å². The second-order valence-electron chi connectivity index (χ2n) is 1.86. The molecule has 0 fully saturated rings. The van der Waals surface area contributed by atoms with E-state index in [2.05, 4.69) is 15.9 Å². The summed E-state index contributed by atoms with van der Waals surface area (Å²) in [6.07, 6.45) is 0. The summed E-state index contributed by atoms with van der Waals surface area (Å²) in [6.45, 7) is 0. The Hall–Kier alpha value is -0.230. The first-order chi connectivity index (χ1) is 5.15. The molecule has 0 bridgehead atoms. The molecule has 1 nitrogen and oxygen atoms in total. The molecule has 0 atom stereocenters. The number of benzene rings is 1. The Morgan fingerprint density at radius 3 is 2.45 bits per heavy atom. The van der Waals surface area contributed by atoms with Gasteiger partial charge in [-0.15, -0.1) is 0 Å². The molecule has 11 heavy (non-hydrogen) atoms. The molecule has 0 N–H and O–H groups in total. The van der Waals surface area contributed by atoms with Gasteiger partial charge in [0.15, 0.2) is 0 Å². The molecule has 0 saturated heterocycles. The molecule has 0 spiro atoms. The molecule has 0 heterocycles. The van der Waals surface area contributed by atoms with Crippen molar-refractivity contribution in [1.29, 1.82) is 5.26 Å². The Balaban J connectivity index is 3.40. The van der Waals surface area contributed by atoms with Gasteiger partial charge in [-0.3, -0.25) is 0 Å². The predicted molar refractivity (Wildman–Crippen MR) is 48.9 cm³/mol. The van der Waals surface area contributed by atoms with Crippen molar-refractivity contribution in [3.05, 3.63) is 32.2 Å². The molecule has 1 aromatic carbocycles. The highest BCUT2D eigenvalue weighted by Gasteiger charge is 2.05. The Bertz CT molecular complexity index is 307. The normalized spacial score (nSPS) is 9.27. The van der Waals surface area contributed by atoms with E-state index in [1.165, 1.54) is 6.07 Å². The van der Waals surface area contributed by atoms with Gasteiger partial charge >= 0.3 is 0 Å². The number of nitriles is 1. The minimum absolute atomic E-state index is 0.367. The van der Waals surface area contributed by atoms with E-state index in [1.54, 1.807) is 6.07 Å². The van der Waals surface area contributed by atoms with Crippen LogP contribution in [0.5, 0.6) is 0 Å². The van der Waals surface area contributed by atoms with Crippen LogP contribution in [-0.2, 0) is 0 Å². The summed E-state index contributed by atoms with van der Waals surface area (Å²) in [6, 6.07) is 5.12. The summed E-state index contributed by atoms with van der Waals surface area (Å²) in [5, 5.41) is 9.46. The number of hydrogen-bond donors (Lipinski definition) is 0. The van der Waals surface area contributed by atoms with E-state index < -0.39 is 0 Å². The zero-order chi connectivity index (χ0) is 8.43. The average molecular weight is 251 g/mol. The highest BCUT2D eigenvalue weighted by atomic mass is 79.9. The predicted octanol–water partition coefficient (Wildman–Crippen LogP) is 3.63. The lowest BCUT2D eigenvalue weighted by atomic mass is 10.2. The van der Waals surface area contributed by atoms with E-state index in [-0.39, 0.29) is 0 Å². The Kier molecular flexibility index (Phi) is 2.78. The molecule has 0 aliphatic heterocycles. The molecule has 0 radical (unpaired) electrons. The van der Waals surface area contributed by atoms with Gasteiger partial charge in [-0.25, -0.2) is 0 Å². The molecular formula is C7H2BrCl2N. The number of nitrogens with zero attached hydrogens (tertiary/aromatic N) is 1. The highest BCUT2D eigenvalue weighted by molar-refractivity contribution is 9.10. The van der Waals surface area contributed by atoms with Crippen LogP contribution in [0.25, 0.3) is 0 Å². The summed E-state index contributed by atoms with van der Waals surface area (Å²) in [7, 11) is 0. The zero-order valence-electron chi connectivity index (χ0n) is 5.24. The summed E-state index contributed by atoms with van der Waals surface area (Å²) in [5.74, 6) is 0. The molecular weight excluding hydrogens is 249 g/mol. The lowest BCUT2D eigenvalue weighted by Crippen LogP contribution is -1.79. The van der Waals surface area contributed by atoms with Crippen LogP contribution in [-0.4, -0.2) is 0 Å². The molecule has 0 aromatic heterocycles. The van der Waals surface area contributed by atoms with Gasteiger partial charge in [0.25, 0.3) is 0 Å². The third kappa shape index (κ3) is 1.87. The zero-order valence-corrected chi connectivity index (χ0v) is 8.33. The van der Waals surface area contributed by atoms with Crippen molar-refractivity contribution in [3.63, 3.8) is 0 Å². The minimum Gasteiger partial charge on any atom is -0.192 e. The molecule has 0 aliphatic rings. The quantitative estimate of drug-likeness (QED) is 0.690. The SMILES string of the molecule is N#Cc1c(Cl)cc(Cl)cc1Br. The highest BCUT2D eigenvalue weighted by Crippen LogP contribution is 2.28. The first-order valence-electron chi connectivity index (χ1n) is 2.70. The summed E-state index contributed by atoms with van der Waals surface area (Å²) in [5.41, 5.74) is 0.413. The lowest BCUT2D eigenvalue weighted by Gasteiger charge is -1.97. The fourth-order valence-electron chi connectivity index (χ4n) is 0.649.